The number of rotatable bonds is 4. The number of anilines is 1. The molecule has 2 aromatic rings. The Kier molecular flexibility index (Phi) is 3.50. The first-order valence-corrected chi connectivity index (χ1v) is 7.62. The van der Waals surface area contributed by atoms with Crippen molar-refractivity contribution >= 4 is 28.8 Å². The van der Waals surface area contributed by atoms with Crippen LogP contribution in [0.3, 0.4) is 0 Å². The molecule has 1 amide bonds. The van der Waals surface area contributed by atoms with Gasteiger partial charge < -0.3 is 10.2 Å². The van der Waals surface area contributed by atoms with Crippen LogP contribution in [0, 0.1) is 0 Å². The van der Waals surface area contributed by atoms with Crippen LogP contribution in [-0.4, -0.2) is 27.0 Å². The van der Waals surface area contributed by atoms with Crippen molar-refractivity contribution in [2.75, 3.05) is 5.32 Å². The average Bonchev–Trinajstić information content (AvgIpc) is 3.18. The quantitative estimate of drug-likeness (QED) is 0.943. The standard InChI is InChI=1S/C14H16N4O2S/c1-3-18-7-6-12(16-18)15-13(19)14(2)9-10(17-20-14)11-5-4-8-21-11/h4-8H,3,9H2,1-2H3,(H,15,16,19). The molecule has 6 nitrogen and oxygen atoms in total. The Morgan fingerprint density at radius 1 is 1.57 bits per heavy atom. The second kappa shape index (κ2) is 5.33. The predicted molar refractivity (Wildman–Crippen MR) is 81.5 cm³/mol. The summed E-state index contributed by atoms with van der Waals surface area (Å²) in [6.07, 6.45) is 2.27. The smallest absolute Gasteiger partial charge is 0.272 e. The van der Waals surface area contributed by atoms with Gasteiger partial charge in [-0.1, -0.05) is 11.2 Å². The minimum atomic E-state index is -0.991. The second-order valence-electron chi connectivity index (χ2n) is 5.02. The lowest BCUT2D eigenvalue weighted by atomic mass is 9.98. The number of nitrogens with zero attached hydrogens (tertiary/aromatic N) is 3. The summed E-state index contributed by atoms with van der Waals surface area (Å²) in [4.78, 5) is 18.8. The van der Waals surface area contributed by atoms with Gasteiger partial charge in [0.15, 0.2) is 5.82 Å². The van der Waals surface area contributed by atoms with Crippen LogP contribution >= 0.6 is 11.3 Å². The van der Waals surface area contributed by atoms with Crippen LogP contribution in [0.4, 0.5) is 5.82 Å². The highest BCUT2D eigenvalue weighted by atomic mass is 32.1. The van der Waals surface area contributed by atoms with Gasteiger partial charge in [-0.2, -0.15) is 5.10 Å². The molecule has 3 heterocycles. The third kappa shape index (κ3) is 2.69. The maximum Gasteiger partial charge on any atom is 0.272 e. The van der Waals surface area contributed by atoms with Gasteiger partial charge in [-0.3, -0.25) is 9.48 Å². The molecule has 1 atom stereocenters. The van der Waals surface area contributed by atoms with Gasteiger partial charge in [0.05, 0.1) is 4.88 Å². The number of amides is 1. The van der Waals surface area contributed by atoms with E-state index < -0.39 is 5.60 Å². The van der Waals surface area contributed by atoms with Gasteiger partial charge in [0.1, 0.15) is 5.71 Å². The van der Waals surface area contributed by atoms with Crippen LogP contribution in [0.2, 0.25) is 0 Å². The first-order valence-electron chi connectivity index (χ1n) is 6.74. The number of hydrogen-bond acceptors (Lipinski definition) is 5. The van der Waals surface area contributed by atoms with Crippen LogP contribution < -0.4 is 5.32 Å². The van der Waals surface area contributed by atoms with Gasteiger partial charge in [-0.25, -0.2) is 0 Å². The Hall–Kier alpha value is -2.15. The van der Waals surface area contributed by atoms with E-state index in [4.69, 9.17) is 4.84 Å². The summed E-state index contributed by atoms with van der Waals surface area (Å²) in [5.74, 6) is 0.287. The van der Waals surface area contributed by atoms with Crippen LogP contribution in [-0.2, 0) is 16.2 Å². The number of aryl methyl sites for hydroxylation is 1. The summed E-state index contributed by atoms with van der Waals surface area (Å²) >= 11 is 1.58. The molecular formula is C14H16N4O2S. The molecule has 110 valence electrons. The molecule has 1 unspecified atom stereocenters. The Morgan fingerprint density at radius 2 is 2.43 bits per heavy atom. The normalized spacial score (nSPS) is 21.0. The number of carbonyl (C=O) groups excluding carboxylic acids is 1. The van der Waals surface area contributed by atoms with E-state index in [0.717, 1.165) is 17.1 Å². The van der Waals surface area contributed by atoms with E-state index in [1.807, 2.05) is 30.6 Å². The summed E-state index contributed by atoms with van der Waals surface area (Å²) in [7, 11) is 0. The topological polar surface area (TPSA) is 68.5 Å². The molecule has 0 saturated carbocycles. The Balaban J connectivity index is 1.68. The third-order valence-electron chi connectivity index (χ3n) is 3.35. The Bertz CT molecular complexity index is 677. The van der Waals surface area contributed by atoms with E-state index >= 15 is 0 Å². The molecule has 7 heteroatoms. The molecule has 1 N–H and O–H groups in total. The zero-order valence-electron chi connectivity index (χ0n) is 11.9. The molecule has 0 aromatic carbocycles. The number of aromatic nitrogens is 2. The monoisotopic (exact) mass is 304 g/mol. The minimum Gasteiger partial charge on any atom is -0.379 e. The van der Waals surface area contributed by atoms with Crippen LogP contribution in [0.15, 0.2) is 34.9 Å². The molecule has 1 aliphatic rings. The molecule has 0 aliphatic carbocycles. The van der Waals surface area contributed by atoms with Gasteiger partial charge in [0.25, 0.3) is 5.91 Å². The van der Waals surface area contributed by atoms with Crippen molar-refractivity contribution in [1.82, 2.24) is 9.78 Å². The largest absolute Gasteiger partial charge is 0.379 e. The van der Waals surface area contributed by atoms with E-state index in [1.165, 1.54) is 0 Å². The molecule has 0 radical (unpaired) electrons. The van der Waals surface area contributed by atoms with Crippen molar-refractivity contribution in [1.29, 1.82) is 0 Å². The Labute approximate surface area is 126 Å². The van der Waals surface area contributed by atoms with Crippen molar-refractivity contribution in [3.05, 3.63) is 34.7 Å². The van der Waals surface area contributed by atoms with Crippen LogP contribution in [0.5, 0.6) is 0 Å². The Morgan fingerprint density at radius 3 is 3.10 bits per heavy atom. The van der Waals surface area contributed by atoms with Crippen molar-refractivity contribution < 1.29 is 9.63 Å². The fourth-order valence-electron chi connectivity index (χ4n) is 2.09. The van der Waals surface area contributed by atoms with E-state index in [0.29, 0.717) is 12.2 Å². The molecule has 0 spiro atoms. The molecule has 0 bridgehead atoms. The number of oxime groups is 1. The first-order chi connectivity index (χ1) is 10.1. The highest BCUT2D eigenvalue weighted by molar-refractivity contribution is 7.12. The summed E-state index contributed by atoms with van der Waals surface area (Å²) in [6.45, 7) is 4.49. The summed E-state index contributed by atoms with van der Waals surface area (Å²) in [6, 6.07) is 5.69. The minimum absolute atomic E-state index is 0.237. The van der Waals surface area contributed by atoms with Crippen molar-refractivity contribution in [2.24, 2.45) is 5.16 Å². The number of nitrogens with one attached hydrogen (secondary N) is 1. The van der Waals surface area contributed by atoms with Crippen molar-refractivity contribution in [3.8, 4) is 0 Å². The van der Waals surface area contributed by atoms with Crippen molar-refractivity contribution in [3.63, 3.8) is 0 Å². The van der Waals surface area contributed by atoms with Gasteiger partial charge in [-0.15, -0.1) is 11.3 Å². The SMILES string of the molecule is CCn1ccc(NC(=O)C2(C)CC(c3cccs3)=NO2)n1. The molecule has 0 saturated heterocycles. The van der Waals surface area contributed by atoms with E-state index in [2.05, 4.69) is 15.6 Å². The molecule has 1 aliphatic heterocycles. The zero-order valence-corrected chi connectivity index (χ0v) is 12.7. The van der Waals surface area contributed by atoms with E-state index in [1.54, 1.807) is 29.0 Å². The highest BCUT2D eigenvalue weighted by Gasteiger charge is 2.42. The lowest BCUT2D eigenvalue weighted by Crippen LogP contribution is -2.40. The number of hydrogen-bond donors (Lipinski definition) is 1. The first kappa shape index (κ1) is 13.8. The summed E-state index contributed by atoms with van der Waals surface area (Å²) in [5, 5.41) is 13.0. The molecule has 0 fully saturated rings. The maximum absolute atomic E-state index is 12.4. The third-order valence-corrected chi connectivity index (χ3v) is 4.27. The fourth-order valence-corrected chi connectivity index (χ4v) is 2.80. The molecule has 2 aromatic heterocycles. The average molecular weight is 304 g/mol. The number of carbonyl (C=O) groups is 1. The fraction of sp³-hybridized carbons (Fsp3) is 0.357. The molecular weight excluding hydrogens is 288 g/mol. The maximum atomic E-state index is 12.4. The summed E-state index contributed by atoms with van der Waals surface area (Å²) < 4.78 is 1.75. The lowest BCUT2D eigenvalue weighted by molar-refractivity contribution is -0.135. The van der Waals surface area contributed by atoms with E-state index in [-0.39, 0.29) is 5.91 Å². The van der Waals surface area contributed by atoms with Gasteiger partial charge >= 0.3 is 0 Å². The zero-order chi connectivity index (χ0) is 14.9. The molecule has 3 rings (SSSR count). The highest BCUT2D eigenvalue weighted by Crippen LogP contribution is 2.29. The molecule has 21 heavy (non-hydrogen) atoms. The second-order valence-corrected chi connectivity index (χ2v) is 5.97. The van der Waals surface area contributed by atoms with Crippen LogP contribution in [0.25, 0.3) is 0 Å². The lowest BCUT2D eigenvalue weighted by Gasteiger charge is -2.19. The van der Waals surface area contributed by atoms with Crippen molar-refractivity contribution in [2.45, 2.75) is 32.4 Å². The summed E-state index contributed by atoms with van der Waals surface area (Å²) in [5.41, 5.74) is -0.184. The predicted octanol–water partition coefficient (Wildman–Crippen LogP) is 2.49. The van der Waals surface area contributed by atoms with Gasteiger partial charge in [0.2, 0.25) is 5.60 Å². The van der Waals surface area contributed by atoms with Gasteiger partial charge in [0, 0.05) is 25.2 Å². The number of thiophene rings is 1. The van der Waals surface area contributed by atoms with E-state index in [9.17, 15) is 4.79 Å². The van der Waals surface area contributed by atoms with Gasteiger partial charge in [-0.05, 0) is 25.3 Å². The van der Waals surface area contributed by atoms with Crippen LogP contribution in [0.1, 0.15) is 25.1 Å².